The van der Waals surface area contributed by atoms with E-state index in [-0.39, 0.29) is 0 Å². The van der Waals surface area contributed by atoms with E-state index >= 15 is 0 Å². The Hall–Kier alpha value is -0.890. The summed E-state index contributed by atoms with van der Waals surface area (Å²) in [5.74, 6) is 0.983. The number of pyridine rings is 1. The topological polar surface area (TPSA) is 24.9 Å². The van der Waals surface area contributed by atoms with E-state index in [1.54, 1.807) is 0 Å². The van der Waals surface area contributed by atoms with E-state index in [9.17, 15) is 0 Å². The number of nitrogens with zero attached hydrogens (tertiary/aromatic N) is 1. The average molecular weight is 246 g/mol. The highest BCUT2D eigenvalue weighted by Crippen LogP contribution is 2.26. The molecule has 0 spiro atoms. The minimum absolute atomic E-state index is 0.703. The summed E-state index contributed by atoms with van der Waals surface area (Å²) in [5.41, 5.74) is 1.16. The van der Waals surface area contributed by atoms with E-state index in [1.807, 2.05) is 12.3 Å². The first-order valence-corrected chi connectivity index (χ1v) is 7.51. The van der Waals surface area contributed by atoms with Crippen molar-refractivity contribution in [2.24, 2.45) is 5.92 Å². The van der Waals surface area contributed by atoms with Crippen LogP contribution >= 0.6 is 0 Å². The Morgan fingerprint density at radius 3 is 2.94 bits per heavy atom. The van der Waals surface area contributed by atoms with Gasteiger partial charge in [-0.1, -0.05) is 38.7 Å². The molecule has 1 aromatic heterocycles. The summed E-state index contributed by atoms with van der Waals surface area (Å²) in [4.78, 5) is 4.37. The minimum Gasteiger partial charge on any atom is -0.308 e. The molecule has 1 saturated carbocycles. The quantitative estimate of drug-likeness (QED) is 0.796. The second kappa shape index (κ2) is 7.52. The van der Waals surface area contributed by atoms with E-state index in [0.29, 0.717) is 6.04 Å². The first kappa shape index (κ1) is 13.5. The molecule has 100 valence electrons. The van der Waals surface area contributed by atoms with Gasteiger partial charge in [0.05, 0.1) is 5.69 Å². The fourth-order valence-corrected chi connectivity index (χ4v) is 3.03. The van der Waals surface area contributed by atoms with Crippen molar-refractivity contribution in [3.05, 3.63) is 30.1 Å². The lowest BCUT2D eigenvalue weighted by atomic mass is 9.95. The van der Waals surface area contributed by atoms with Crippen LogP contribution in [0.15, 0.2) is 24.4 Å². The monoisotopic (exact) mass is 246 g/mol. The van der Waals surface area contributed by atoms with Gasteiger partial charge in [-0.3, -0.25) is 4.98 Å². The zero-order valence-electron chi connectivity index (χ0n) is 11.6. The van der Waals surface area contributed by atoms with E-state index in [1.165, 1.54) is 44.9 Å². The smallest absolute Gasteiger partial charge is 0.0541 e. The first-order valence-electron chi connectivity index (χ1n) is 7.51. The molecule has 0 bridgehead atoms. The number of aromatic nitrogens is 1. The van der Waals surface area contributed by atoms with Crippen LogP contribution in [0.1, 0.15) is 57.6 Å². The second-order valence-electron chi connectivity index (χ2n) is 5.56. The van der Waals surface area contributed by atoms with Crippen molar-refractivity contribution in [1.82, 2.24) is 10.3 Å². The SMILES string of the molecule is CCCC1CCCC(NCc2ccccn2)CC1. The normalized spacial score (nSPS) is 24.7. The highest BCUT2D eigenvalue weighted by atomic mass is 14.9. The van der Waals surface area contributed by atoms with Crippen LogP contribution in [0.4, 0.5) is 0 Å². The van der Waals surface area contributed by atoms with Gasteiger partial charge in [0, 0.05) is 18.8 Å². The third-order valence-corrected chi connectivity index (χ3v) is 4.08. The molecule has 0 saturated heterocycles. The highest BCUT2D eigenvalue weighted by molar-refractivity contribution is 5.03. The third-order valence-electron chi connectivity index (χ3n) is 4.08. The van der Waals surface area contributed by atoms with Crippen LogP contribution in [0.2, 0.25) is 0 Å². The fourth-order valence-electron chi connectivity index (χ4n) is 3.03. The number of nitrogens with one attached hydrogen (secondary N) is 1. The van der Waals surface area contributed by atoms with Gasteiger partial charge >= 0.3 is 0 Å². The molecule has 0 amide bonds. The molecule has 0 radical (unpaired) electrons. The molecule has 1 heterocycles. The summed E-state index contributed by atoms with van der Waals surface area (Å²) in [5, 5.41) is 3.68. The van der Waals surface area contributed by atoms with Crippen LogP contribution in [0.25, 0.3) is 0 Å². The molecular weight excluding hydrogens is 220 g/mol. The van der Waals surface area contributed by atoms with Crippen LogP contribution < -0.4 is 5.32 Å². The molecule has 2 nitrogen and oxygen atoms in total. The molecule has 2 unspecified atom stereocenters. The molecule has 18 heavy (non-hydrogen) atoms. The third kappa shape index (κ3) is 4.41. The standard InChI is InChI=1S/C16H26N2/c1-2-6-14-7-5-9-15(11-10-14)18-13-16-8-3-4-12-17-16/h3-4,8,12,14-15,18H,2,5-7,9-11,13H2,1H3. The Labute approximate surface area is 111 Å². The minimum atomic E-state index is 0.703. The highest BCUT2D eigenvalue weighted by Gasteiger charge is 2.17. The maximum atomic E-state index is 4.37. The van der Waals surface area contributed by atoms with Crippen molar-refractivity contribution in [2.75, 3.05) is 0 Å². The molecule has 0 aliphatic heterocycles. The summed E-state index contributed by atoms with van der Waals surface area (Å²) in [6.07, 6.45) is 11.6. The molecular formula is C16H26N2. The van der Waals surface area contributed by atoms with Crippen molar-refractivity contribution in [2.45, 2.75) is 64.5 Å². The molecule has 1 aliphatic rings. The van der Waals surface area contributed by atoms with Gasteiger partial charge in [0.1, 0.15) is 0 Å². The molecule has 1 N–H and O–H groups in total. The summed E-state index contributed by atoms with van der Waals surface area (Å²) >= 11 is 0. The Bertz CT molecular complexity index is 323. The van der Waals surface area contributed by atoms with Gasteiger partial charge in [-0.25, -0.2) is 0 Å². The van der Waals surface area contributed by atoms with Gasteiger partial charge in [-0.05, 0) is 37.3 Å². The van der Waals surface area contributed by atoms with Crippen LogP contribution in [-0.4, -0.2) is 11.0 Å². The Kier molecular flexibility index (Phi) is 5.66. The molecule has 1 aliphatic carbocycles. The molecule has 2 heteroatoms. The van der Waals surface area contributed by atoms with Crippen LogP contribution in [0, 0.1) is 5.92 Å². The van der Waals surface area contributed by atoms with E-state index in [4.69, 9.17) is 0 Å². The largest absolute Gasteiger partial charge is 0.308 e. The van der Waals surface area contributed by atoms with Gasteiger partial charge in [-0.15, -0.1) is 0 Å². The van der Waals surface area contributed by atoms with Gasteiger partial charge in [0.25, 0.3) is 0 Å². The van der Waals surface area contributed by atoms with Gasteiger partial charge < -0.3 is 5.32 Å². The first-order chi connectivity index (χ1) is 8.88. The van der Waals surface area contributed by atoms with Crippen molar-refractivity contribution < 1.29 is 0 Å². The molecule has 1 fully saturated rings. The van der Waals surface area contributed by atoms with Gasteiger partial charge in [0.15, 0.2) is 0 Å². The van der Waals surface area contributed by atoms with Crippen LogP contribution in [0.5, 0.6) is 0 Å². The summed E-state index contributed by atoms with van der Waals surface area (Å²) in [6, 6.07) is 6.84. The lowest BCUT2D eigenvalue weighted by molar-refractivity contribution is 0.409. The lowest BCUT2D eigenvalue weighted by Gasteiger charge is -2.16. The Morgan fingerprint density at radius 1 is 1.22 bits per heavy atom. The number of hydrogen-bond donors (Lipinski definition) is 1. The van der Waals surface area contributed by atoms with E-state index in [2.05, 4.69) is 29.4 Å². The Balaban J connectivity index is 1.73. The predicted molar refractivity (Wildman–Crippen MR) is 76.3 cm³/mol. The van der Waals surface area contributed by atoms with Crippen molar-refractivity contribution in [3.8, 4) is 0 Å². The zero-order chi connectivity index (χ0) is 12.6. The Morgan fingerprint density at radius 2 is 2.17 bits per heavy atom. The van der Waals surface area contributed by atoms with Crippen LogP contribution in [-0.2, 0) is 6.54 Å². The summed E-state index contributed by atoms with van der Waals surface area (Å²) in [6.45, 7) is 3.23. The second-order valence-corrected chi connectivity index (χ2v) is 5.56. The fraction of sp³-hybridized carbons (Fsp3) is 0.688. The van der Waals surface area contributed by atoms with Crippen molar-refractivity contribution in [3.63, 3.8) is 0 Å². The van der Waals surface area contributed by atoms with E-state index in [0.717, 1.165) is 18.2 Å². The number of hydrogen-bond acceptors (Lipinski definition) is 2. The maximum absolute atomic E-state index is 4.37. The van der Waals surface area contributed by atoms with Crippen molar-refractivity contribution >= 4 is 0 Å². The molecule has 0 aromatic carbocycles. The molecule has 2 atom stereocenters. The average Bonchev–Trinajstić information content (AvgIpc) is 2.64. The molecule has 1 aromatic rings. The molecule has 2 rings (SSSR count). The predicted octanol–water partition coefficient (Wildman–Crippen LogP) is 3.92. The van der Waals surface area contributed by atoms with Gasteiger partial charge in [-0.2, -0.15) is 0 Å². The number of rotatable bonds is 5. The van der Waals surface area contributed by atoms with Gasteiger partial charge in [0.2, 0.25) is 0 Å². The van der Waals surface area contributed by atoms with E-state index < -0.39 is 0 Å². The zero-order valence-corrected chi connectivity index (χ0v) is 11.6. The van der Waals surface area contributed by atoms with Crippen LogP contribution in [0.3, 0.4) is 0 Å². The maximum Gasteiger partial charge on any atom is 0.0541 e. The summed E-state index contributed by atoms with van der Waals surface area (Å²) in [7, 11) is 0. The lowest BCUT2D eigenvalue weighted by Crippen LogP contribution is -2.28. The summed E-state index contributed by atoms with van der Waals surface area (Å²) < 4.78 is 0. The van der Waals surface area contributed by atoms with Crippen molar-refractivity contribution in [1.29, 1.82) is 0 Å².